The molecule has 0 radical (unpaired) electrons. The number of aliphatic hydroxyl groups is 2. The van der Waals surface area contributed by atoms with Gasteiger partial charge in [-0.3, -0.25) is 0 Å². The highest BCUT2D eigenvalue weighted by Gasteiger charge is 2.15. The fourth-order valence-electron chi connectivity index (χ4n) is 1.00. The van der Waals surface area contributed by atoms with Gasteiger partial charge in [-0.1, -0.05) is 13.2 Å². The summed E-state index contributed by atoms with van der Waals surface area (Å²) in [6, 6.07) is 0. The Morgan fingerprint density at radius 2 is 1.32 bits per heavy atom. The van der Waals surface area contributed by atoms with Gasteiger partial charge in [-0.25, -0.2) is 9.59 Å². The van der Waals surface area contributed by atoms with Crippen LogP contribution in [-0.4, -0.2) is 60.8 Å². The summed E-state index contributed by atoms with van der Waals surface area (Å²) < 4.78 is 14.6. The molecule has 0 saturated heterocycles. The zero-order chi connectivity index (χ0) is 14.7. The van der Waals surface area contributed by atoms with Crippen molar-refractivity contribution in [3.05, 3.63) is 25.3 Å². The number of hydrogen-bond acceptors (Lipinski definition) is 7. The molecule has 0 rings (SSSR count). The third kappa shape index (κ3) is 8.09. The van der Waals surface area contributed by atoms with Gasteiger partial charge in [-0.2, -0.15) is 0 Å². The van der Waals surface area contributed by atoms with E-state index in [9.17, 15) is 9.59 Å². The van der Waals surface area contributed by atoms with Gasteiger partial charge in [0.25, 0.3) is 0 Å². The van der Waals surface area contributed by atoms with Crippen molar-refractivity contribution in [3.63, 3.8) is 0 Å². The molecule has 7 nitrogen and oxygen atoms in total. The first kappa shape index (κ1) is 17.3. The highest BCUT2D eigenvalue weighted by molar-refractivity contribution is 5.81. The molecule has 7 heteroatoms. The van der Waals surface area contributed by atoms with Crippen molar-refractivity contribution in [1.82, 2.24) is 0 Å². The van der Waals surface area contributed by atoms with Crippen molar-refractivity contribution in [2.45, 2.75) is 12.2 Å². The van der Waals surface area contributed by atoms with Gasteiger partial charge in [0.2, 0.25) is 0 Å². The molecule has 0 heterocycles. The Morgan fingerprint density at radius 1 is 0.947 bits per heavy atom. The molecular weight excluding hydrogens is 256 g/mol. The van der Waals surface area contributed by atoms with Gasteiger partial charge in [0.05, 0.1) is 26.4 Å². The summed E-state index contributed by atoms with van der Waals surface area (Å²) in [5.74, 6) is -1.36. The van der Waals surface area contributed by atoms with Crippen LogP contribution in [0.2, 0.25) is 0 Å². The van der Waals surface area contributed by atoms with Gasteiger partial charge in [0, 0.05) is 12.2 Å². The summed E-state index contributed by atoms with van der Waals surface area (Å²) >= 11 is 0. The summed E-state index contributed by atoms with van der Waals surface area (Å²) in [5.41, 5.74) is 0. The van der Waals surface area contributed by atoms with Crippen molar-refractivity contribution in [1.29, 1.82) is 0 Å². The zero-order valence-corrected chi connectivity index (χ0v) is 10.5. The minimum Gasteiger partial charge on any atom is -0.454 e. The molecule has 0 aliphatic carbocycles. The minimum absolute atomic E-state index is 0.0990. The van der Waals surface area contributed by atoms with E-state index in [0.29, 0.717) is 0 Å². The Labute approximate surface area is 111 Å². The number of hydrogen-bond donors (Lipinski definition) is 2. The monoisotopic (exact) mass is 274 g/mol. The molecule has 0 bridgehead atoms. The van der Waals surface area contributed by atoms with Crippen LogP contribution in [0.1, 0.15) is 0 Å². The van der Waals surface area contributed by atoms with Gasteiger partial charge < -0.3 is 24.4 Å². The van der Waals surface area contributed by atoms with E-state index in [1.807, 2.05) is 0 Å². The molecule has 2 unspecified atom stereocenters. The maximum absolute atomic E-state index is 10.9. The lowest BCUT2D eigenvalue weighted by molar-refractivity contribution is -0.153. The number of carbonyl (C=O) groups excluding carboxylic acids is 2. The fraction of sp³-hybridized carbons (Fsp3) is 0.500. The number of esters is 2. The van der Waals surface area contributed by atoms with E-state index >= 15 is 0 Å². The van der Waals surface area contributed by atoms with E-state index < -0.39 is 37.4 Å². The van der Waals surface area contributed by atoms with Crippen molar-refractivity contribution in [3.8, 4) is 0 Å². The first-order chi connectivity index (χ1) is 9.07. The van der Waals surface area contributed by atoms with Crippen LogP contribution in [0, 0.1) is 0 Å². The normalized spacial score (nSPS) is 13.2. The van der Waals surface area contributed by atoms with E-state index in [2.05, 4.69) is 13.2 Å². The smallest absolute Gasteiger partial charge is 0.330 e. The topological polar surface area (TPSA) is 102 Å². The highest BCUT2D eigenvalue weighted by Crippen LogP contribution is 1.98. The van der Waals surface area contributed by atoms with Crippen molar-refractivity contribution < 1.29 is 34.0 Å². The second-order valence-corrected chi connectivity index (χ2v) is 3.43. The maximum Gasteiger partial charge on any atom is 0.330 e. The lowest BCUT2D eigenvalue weighted by atomic mass is 10.3. The number of carbonyl (C=O) groups is 2. The Morgan fingerprint density at radius 3 is 1.58 bits per heavy atom. The molecule has 108 valence electrons. The summed E-state index contributed by atoms with van der Waals surface area (Å²) in [5, 5.41) is 17.9. The molecule has 2 N–H and O–H groups in total. The predicted molar refractivity (Wildman–Crippen MR) is 65.1 cm³/mol. The summed E-state index contributed by atoms with van der Waals surface area (Å²) in [6.45, 7) is 5.39. The van der Waals surface area contributed by atoms with E-state index in [-0.39, 0.29) is 13.2 Å². The first-order valence-electron chi connectivity index (χ1n) is 5.52. The highest BCUT2D eigenvalue weighted by atomic mass is 16.6. The molecule has 0 amide bonds. The molecular formula is C12H18O7. The molecule has 0 fully saturated rings. The van der Waals surface area contributed by atoms with Crippen LogP contribution in [0.5, 0.6) is 0 Å². The van der Waals surface area contributed by atoms with Crippen molar-refractivity contribution >= 4 is 11.9 Å². The third-order valence-corrected chi connectivity index (χ3v) is 1.91. The van der Waals surface area contributed by atoms with Gasteiger partial charge in [-0.05, 0) is 0 Å². The third-order valence-electron chi connectivity index (χ3n) is 1.91. The second kappa shape index (κ2) is 10.2. The van der Waals surface area contributed by atoms with Crippen LogP contribution in [0.15, 0.2) is 25.3 Å². The molecule has 2 atom stereocenters. The Balaban J connectivity index is 4.01. The lowest BCUT2D eigenvalue weighted by Crippen LogP contribution is -2.31. The van der Waals surface area contributed by atoms with Crippen LogP contribution >= 0.6 is 0 Å². The van der Waals surface area contributed by atoms with Crippen molar-refractivity contribution in [2.24, 2.45) is 0 Å². The van der Waals surface area contributed by atoms with Crippen LogP contribution in [0.4, 0.5) is 0 Å². The average molecular weight is 274 g/mol. The zero-order valence-electron chi connectivity index (χ0n) is 10.5. The molecule has 0 aromatic rings. The van der Waals surface area contributed by atoms with Crippen LogP contribution in [0.3, 0.4) is 0 Å². The van der Waals surface area contributed by atoms with E-state index in [0.717, 1.165) is 12.2 Å². The SMILES string of the molecule is C=CC(=O)OC(CO)COCC(CO)OC(=O)C=C. The Hall–Kier alpha value is -1.70. The Kier molecular flexibility index (Phi) is 9.33. The van der Waals surface area contributed by atoms with Crippen LogP contribution in [-0.2, 0) is 23.8 Å². The fourth-order valence-corrected chi connectivity index (χ4v) is 1.00. The van der Waals surface area contributed by atoms with Gasteiger partial charge >= 0.3 is 11.9 Å². The molecule has 0 spiro atoms. The van der Waals surface area contributed by atoms with Crippen LogP contribution in [0.25, 0.3) is 0 Å². The number of aliphatic hydroxyl groups excluding tert-OH is 2. The van der Waals surface area contributed by atoms with Gasteiger partial charge in [0.1, 0.15) is 12.2 Å². The lowest BCUT2D eigenvalue weighted by Gasteiger charge is -2.18. The molecule has 0 aliphatic heterocycles. The number of ether oxygens (including phenoxy) is 3. The summed E-state index contributed by atoms with van der Waals surface area (Å²) in [4.78, 5) is 21.8. The maximum atomic E-state index is 10.9. The molecule has 0 saturated carbocycles. The molecule has 0 aromatic carbocycles. The average Bonchev–Trinajstić information content (AvgIpc) is 2.44. The van der Waals surface area contributed by atoms with E-state index in [1.54, 1.807) is 0 Å². The summed E-state index contributed by atoms with van der Waals surface area (Å²) in [6.07, 6.45) is 0.232. The van der Waals surface area contributed by atoms with E-state index in [4.69, 9.17) is 24.4 Å². The van der Waals surface area contributed by atoms with Gasteiger partial charge in [-0.15, -0.1) is 0 Å². The quantitative estimate of drug-likeness (QED) is 0.396. The molecule has 0 aliphatic rings. The second-order valence-electron chi connectivity index (χ2n) is 3.43. The first-order valence-corrected chi connectivity index (χ1v) is 5.52. The minimum atomic E-state index is -0.847. The standard InChI is InChI=1S/C12H18O7/c1-3-11(15)18-9(5-13)7-17-8-10(6-14)19-12(16)4-2/h3-4,9-10,13-14H,1-2,5-8H2. The van der Waals surface area contributed by atoms with Gasteiger partial charge in [0.15, 0.2) is 0 Å². The largest absolute Gasteiger partial charge is 0.454 e. The Bertz CT molecular complexity index is 283. The van der Waals surface area contributed by atoms with E-state index in [1.165, 1.54) is 0 Å². The van der Waals surface area contributed by atoms with Crippen molar-refractivity contribution in [2.75, 3.05) is 26.4 Å². The number of rotatable bonds is 10. The van der Waals surface area contributed by atoms with Crippen LogP contribution < -0.4 is 0 Å². The summed E-state index contributed by atoms with van der Waals surface area (Å²) in [7, 11) is 0. The molecule has 0 aromatic heterocycles. The predicted octanol–water partition coefficient (Wildman–Crippen LogP) is -0.817. The molecule has 19 heavy (non-hydrogen) atoms.